The molecule has 0 fully saturated rings. The quantitative estimate of drug-likeness (QED) is 0.152. The van der Waals surface area contributed by atoms with Gasteiger partial charge in [0.05, 0.1) is 11.9 Å². The number of fused-ring (bicyclic) bond motifs is 4. The van der Waals surface area contributed by atoms with Gasteiger partial charge in [0.1, 0.15) is 0 Å². The van der Waals surface area contributed by atoms with Crippen LogP contribution in [0.5, 0.6) is 11.5 Å². The average Bonchev–Trinajstić information content (AvgIpc) is 4.02. The summed E-state index contributed by atoms with van der Waals surface area (Å²) in [5.74, 6) is 2.33. The molecule has 59 heavy (non-hydrogen) atoms. The van der Waals surface area contributed by atoms with Gasteiger partial charge in [-0.3, -0.25) is 0 Å². The molecule has 0 unspecified atom stereocenters. The Morgan fingerprint density at radius 1 is 0.424 bits per heavy atom. The first-order valence-corrected chi connectivity index (χ1v) is 20.7. The Balaban J connectivity index is 1.03. The summed E-state index contributed by atoms with van der Waals surface area (Å²) in [7, 11) is 0. The molecule has 0 radical (unpaired) electrons. The van der Waals surface area contributed by atoms with Crippen molar-refractivity contribution in [2.75, 3.05) is 0 Å². The van der Waals surface area contributed by atoms with Crippen LogP contribution in [-0.4, -0.2) is 23.3 Å². The molecule has 0 aliphatic rings. The van der Waals surface area contributed by atoms with Gasteiger partial charge in [-0.25, -0.2) is 0 Å². The molecule has 7 heteroatoms. The molecule has 11 rings (SSSR count). The van der Waals surface area contributed by atoms with E-state index in [4.69, 9.17) is 9.72 Å². The van der Waals surface area contributed by atoms with Crippen molar-refractivity contribution in [3.8, 4) is 56.6 Å². The molecule has 0 saturated heterocycles. The number of aromatic nitrogens is 5. The second-order valence-corrected chi connectivity index (χ2v) is 15.4. The normalized spacial score (nSPS) is 11.5. The van der Waals surface area contributed by atoms with Gasteiger partial charge >= 0.3 is 294 Å². The second kappa shape index (κ2) is 14.6. The number of benzene rings is 7. The number of ether oxygens (including phenoxy) is 1. The zero-order valence-electron chi connectivity index (χ0n) is 31.7. The van der Waals surface area contributed by atoms with Gasteiger partial charge in [0, 0.05) is 12.4 Å². The van der Waals surface area contributed by atoms with Crippen LogP contribution in [0.1, 0.15) is 0 Å². The molecule has 11 aromatic rings. The second-order valence-electron chi connectivity index (χ2n) is 14.4. The predicted molar refractivity (Wildman–Crippen MR) is 235 cm³/mol. The fraction of sp³-hybridized carbons (Fsp3) is 0. The van der Waals surface area contributed by atoms with E-state index in [2.05, 4.69) is 214 Å². The van der Waals surface area contributed by atoms with Crippen molar-refractivity contribution in [1.82, 2.24) is 23.3 Å². The summed E-state index contributed by atoms with van der Waals surface area (Å²) in [5.41, 5.74) is 12.1. The van der Waals surface area contributed by atoms with Crippen molar-refractivity contribution in [2.45, 2.75) is 0 Å². The maximum atomic E-state index is 6.74. The molecule has 0 amide bonds. The molecule has 7 aromatic carbocycles. The third kappa shape index (κ3) is 6.08. The van der Waals surface area contributed by atoms with Crippen LogP contribution in [-0.2, 0) is 19.4 Å². The molecule has 4 aromatic heterocycles. The first-order valence-electron chi connectivity index (χ1n) is 19.5. The van der Waals surface area contributed by atoms with E-state index in [0.717, 1.165) is 87.9 Å². The number of para-hydroxylation sites is 4. The van der Waals surface area contributed by atoms with Crippen molar-refractivity contribution in [1.29, 1.82) is 0 Å². The fourth-order valence-corrected chi connectivity index (χ4v) is 9.40. The van der Waals surface area contributed by atoms with Gasteiger partial charge in [0.15, 0.2) is 0 Å². The van der Waals surface area contributed by atoms with Crippen LogP contribution in [0.3, 0.4) is 0 Å². The van der Waals surface area contributed by atoms with E-state index in [1.807, 2.05) is 36.8 Å². The van der Waals surface area contributed by atoms with Crippen molar-refractivity contribution in [2.24, 2.45) is 0 Å². The number of imidazole rings is 1. The van der Waals surface area contributed by atoms with Crippen LogP contribution in [0.15, 0.2) is 213 Å². The zero-order valence-corrected chi connectivity index (χ0v) is 33.9. The van der Waals surface area contributed by atoms with E-state index < -0.39 is 0 Å². The van der Waals surface area contributed by atoms with E-state index in [9.17, 15) is 0 Å². The van der Waals surface area contributed by atoms with Gasteiger partial charge < -0.3 is 4.57 Å². The van der Waals surface area contributed by atoms with Crippen LogP contribution in [0.25, 0.3) is 78.0 Å². The van der Waals surface area contributed by atoms with E-state index in [1.54, 1.807) is 0 Å². The Hall–Kier alpha value is -7.27. The molecule has 0 aliphatic carbocycles. The summed E-state index contributed by atoms with van der Waals surface area (Å²) in [6.45, 7) is 0. The van der Waals surface area contributed by atoms with Gasteiger partial charge in [-0.15, -0.1) is 0 Å². The minimum atomic E-state index is 0.744. The number of nitrogens with zero attached hydrogens (tertiary/aromatic N) is 5. The summed E-state index contributed by atoms with van der Waals surface area (Å²) in [6.07, 6.45) is 5.97. The maximum absolute atomic E-state index is 6.74. The van der Waals surface area contributed by atoms with Gasteiger partial charge in [-0.1, -0.05) is 12.1 Å². The number of hydrogen-bond acceptors (Lipinski definition) is 2. The van der Waals surface area contributed by atoms with Crippen molar-refractivity contribution in [3.05, 3.63) is 217 Å². The molecule has 284 valence electrons. The van der Waals surface area contributed by atoms with Crippen molar-refractivity contribution in [3.63, 3.8) is 0 Å². The van der Waals surface area contributed by atoms with Crippen LogP contribution in [0, 0.1) is 3.80 Å². The predicted octanol–water partition coefficient (Wildman–Crippen LogP) is 12.9. The van der Waals surface area contributed by atoms with Gasteiger partial charge in [-0.2, -0.15) is 0 Å². The summed E-state index contributed by atoms with van der Waals surface area (Å²) in [4.78, 5) is 4.93. The van der Waals surface area contributed by atoms with Crippen LogP contribution >= 0.6 is 0 Å². The molecular formula is C52H35N5OPt. The Bertz CT molecular complexity index is 3310. The number of pyridine rings is 1. The molecule has 6 nitrogen and oxygen atoms in total. The van der Waals surface area contributed by atoms with Crippen LogP contribution in [0.2, 0.25) is 0 Å². The fourth-order valence-electron chi connectivity index (χ4n) is 8.31. The molecule has 0 bridgehead atoms. The molecule has 0 atom stereocenters. The molecular weight excluding hydrogens is 906 g/mol. The first-order chi connectivity index (χ1) is 29.2. The molecule has 0 saturated carbocycles. The Morgan fingerprint density at radius 3 is 1.73 bits per heavy atom. The standard InChI is InChI=1S/C52H35N5O.Pt/c1-3-15-37(16-4-1)43-22-14-23-44(38-17-5-2-6-18-38)52(43)56-36-55(48-25-9-10-26-49(48)56)39-19-13-20-41(33-39)58-42-28-29-46-45-21-7-8-24-47(45)57(50(46)34-42)51-30-27-40(35-53-51)54-31-11-12-32-54;/h1-35H;. The third-order valence-corrected chi connectivity index (χ3v) is 12.0. The summed E-state index contributed by atoms with van der Waals surface area (Å²) in [6, 6.07) is 68.0. The summed E-state index contributed by atoms with van der Waals surface area (Å²) in [5, 5.41) is 2.31. The van der Waals surface area contributed by atoms with E-state index in [-0.39, 0.29) is 0 Å². The number of hydrogen-bond donors (Lipinski definition) is 0. The van der Waals surface area contributed by atoms with E-state index in [0.29, 0.717) is 0 Å². The third-order valence-electron chi connectivity index (χ3n) is 11.0. The van der Waals surface area contributed by atoms with Gasteiger partial charge in [-0.05, 0) is 18.2 Å². The SMILES string of the molecule is [Pt]=[c]1n(-c2cccc(Oc3ccc4c5ccccc5n(-c5ccc(-n6cccc6)cn5)c4c3)c2)c2ccccc2n1-c1c(-c2ccccc2)cccc1-c1ccccc1. The van der Waals surface area contributed by atoms with E-state index >= 15 is 0 Å². The minimum absolute atomic E-state index is 0.744. The van der Waals surface area contributed by atoms with Crippen molar-refractivity contribution < 1.29 is 24.1 Å². The monoisotopic (exact) mass is 940 g/mol. The van der Waals surface area contributed by atoms with Crippen molar-refractivity contribution >= 4 is 32.8 Å². The van der Waals surface area contributed by atoms with Crippen LogP contribution in [0.4, 0.5) is 0 Å². The Morgan fingerprint density at radius 2 is 1.03 bits per heavy atom. The summed E-state index contributed by atoms with van der Waals surface area (Å²) >= 11 is 2.49. The van der Waals surface area contributed by atoms with Crippen LogP contribution < -0.4 is 4.74 Å². The molecule has 0 aliphatic heterocycles. The molecule has 4 heterocycles. The van der Waals surface area contributed by atoms with Gasteiger partial charge in [0.25, 0.3) is 0 Å². The number of rotatable bonds is 8. The Kier molecular flexibility index (Phi) is 8.64. The topological polar surface area (TPSA) is 41.8 Å². The summed E-state index contributed by atoms with van der Waals surface area (Å²) < 4.78 is 16.8. The molecule has 0 spiro atoms. The Labute approximate surface area is 351 Å². The average molecular weight is 941 g/mol. The van der Waals surface area contributed by atoms with E-state index in [1.165, 1.54) is 5.39 Å². The van der Waals surface area contributed by atoms with Gasteiger partial charge in [0.2, 0.25) is 0 Å². The molecule has 0 N–H and O–H groups in total. The first kappa shape index (κ1) is 34.9. The zero-order chi connectivity index (χ0) is 39.3.